The summed E-state index contributed by atoms with van der Waals surface area (Å²) in [4.78, 5) is 0. The molecule has 0 atom stereocenters. The highest BCUT2D eigenvalue weighted by Crippen LogP contribution is 2.53. The third kappa shape index (κ3) is 4.15. The molecule has 0 aliphatic heterocycles. The van der Waals surface area contributed by atoms with Crippen LogP contribution in [-0.2, 0) is 40.9 Å². The second kappa shape index (κ2) is 8.57. The molecule has 2 aromatic rings. The first-order chi connectivity index (χ1) is 13.3. The third-order valence-corrected chi connectivity index (χ3v) is 7.41. The van der Waals surface area contributed by atoms with Crippen molar-refractivity contribution in [1.29, 1.82) is 0 Å². The maximum Gasteiger partial charge on any atom is 0.335 e. The minimum atomic E-state index is -3.15. The van der Waals surface area contributed by atoms with E-state index in [2.05, 4.69) is 38.1 Å². The van der Waals surface area contributed by atoms with Crippen LogP contribution >= 0.6 is 16.3 Å². The van der Waals surface area contributed by atoms with Crippen molar-refractivity contribution < 1.29 is 22.7 Å². The Morgan fingerprint density at radius 1 is 0.929 bits per heavy atom. The molecule has 1 aliphatic rings. The minimum Gasteiger partial charge on any atom is -0.309 e. The molecule has 0 amide bonds. The van der Waals surface area contributed by atoms with E-state index in [1.807, 2.05) is 26.0 Å². The van der Waals surface area contributed by atoms with Crippen LogP contribution in [0.1, 0.15) is 49.9 Å². The number of benzene rings is 2. The van der Waals surface area contributed by atoms with Crippen molar-refractivity contribution in [3.63, 3.8) is 0 Å². The fourth-order valence-electron chi connectivity index (χ4n) is 3.87. The van der Waals surface area contributed by atoms with E-state index in [0.29, 0.717) is 19.8 Å². The van der Waals surface area contributed by atoms with Crippen LogP contribution in [0.25, 0.3) is 11.1 Å². The Morgan fingerprint density at radius 2 is 1.46 bits per heavy atom. The molecule has 0 radical (unpaired) electrons. The molecule has 0 spiro atoms. The molecule has 0 saturated carbocycles. The monoisotopic (exact) mass is 420 g/mol. The fraction of sp³-hybridized carbons (Fsp3) is 0.429. The van der Waals surface area contributed by atoms with Crippen LogP contribution in [0.15, 0.2) is 36.4 Å². The predicted molar refractivity (Wildman–Crippen MR) is 111 cm³/mol. The van der Waals surface area contributed by atoms with E-state index in [9.17, 15) is 9.13 Å². The van der Waals surface area contributed by atoms with Gasteiger partial charge in [-0.25, -0.2) is 4.57 Å². The maximum atomic E-state index is 12.9. The topological polar surface area (TPSA) is 61.8 Å². The fourth-order valence-corrected chi connectivity index (χ4v) is 5.76. The lowest BCUT2D eigenvalue weighted by Gasteiger charge is -2.23. The molecule has 0 N–H and O–H groups in total. The molecular formula is C21H26O5P2. The molecule has 150 valence electrons. The van der Waals surface area contributed by atoms with Gasteiger partial charge >= 0.3 is 16.3 Å². The molecule has 28 heavy (non-hydrogen) atoms. The van der Waals surface area contributed by atoms with Crippen LogP contribution in [0.5, 0.6) is 0 Å². The summed E-state index contributed by atoms with van der Waals surface area (Å²) < 4.78 is 39.4. The Morgan fingerprint density at radius 3 is 2.00 bits per heavy atom. The van der Waals surface area contributed by atoms with Gasteiger partial charge in [0.15, 0.2) is 0 Å². The van der Waals surface area contributed by atoms with Gasteiger partial charge in [-0.15, -0.1) is 0 Å². The molecule has 2 aromatic carbocycles. The molecular weight excluding hydrogens is 394 g/mol. The van der Waals surface area contributed by atoms with Crippen LogP contribution in [0.3, 0.4) is 0 Å². The maximum absolute atomic E-state index is 12.9. The standard InChI is InChI=1S/C21H26O5P2/c1-5-25-28(23,26-6-2)14-16-8-10-18-17-9-7-15(13-24-27-22)11-19(17)21(3,4)20(18)12-16/h7-12H,5-6,13-14H2,1-4H3. The average molecular weight is 420 g/mol. The quantitative estimate of drug-likeness (QED) is 0.435. The highest BCUT2D eigenvalue weighted by molar-refractivity contribution is 7.53. The van der Waals surface area contributed by atoms with E-state index in [1.165, 1.54) is 22.3 Å². The van der Waals surface area contributed by atoms with Crippen molar-refractivity contribution in [2.45, 2.75) is 45.9 Å². The van der Waals surface area contributed by atoms with Gasteiger partial charge in [-0.1, -0.05) is 50.2 Å². The molecule has 1 aliphatic carbocycles. The first kappa shape index (κ1) is 21.4. The second-order valence-electron chi connectivity index (χ2n) is 7.34. The molecule has 3 rings (SSSR count). The highest BCUT2D eigenvalue weighted by atomic mass is 31.2. The smallest absolute Gasteiger partial charge is 0.309 e. The van der Waals surface area contributed by atoms with E-state index in [4.69, 9.17) is 13.6 Å². The average Bonchev–Trinajstić information content (AvgIpc) is 2.87. The Hall–Kier alpha value is -1.35. The van der Waals surface area contributed by atoms with Gasteiger partial charge in [-0.05, 0) is 47.2 Å². The van der Waals surface area contributed by atoms with Crippen molar-refractivity contribution in [2.24, 2.45) is 0 Å². The SMILES string of the molecule is CCOP(=O)(Cc1ccc2c(c1)C(C)(C)c1cc(COP=O)ccc1-2)OCC. The van der Waals surface area contributed by atoms with Gasteiger partial charge in [0, 0.05) is 5.41 Å². The van der Waals surface area contributed by atoms with E-state index in [1.54, 1.807) is 0 Å². The Balaban J connectivity index is 1.96. The lowest BCUT2D eigenvalue weighted by Crippen LogP contribution is -2.15. The van der Waals surface area contributed by atoms with Crippen LogP contribution in [-0.4, -0.2) is 13.2 Å². The Labute approximate surface area is 168 Å². The Kier molecular flexibility index (Phi) is 6.54. The number of fused-ring (bicyclic) bond motifs is 3. The van der Waals surface area contributed by atoms with Crippen LogP contribution in [0, 0.1) is 0 Å². The lowest BCUT2D eigenvalue weighted by atomic mass is 9.81. The van der Waals surface area contributed by atoms with E-state index in [-0.39, 0.29) is 20.3 Å². The van der Waals surface area contributed by atoms with Crippen molar-refractivity contribution in [3.05, 3.63) is 58.7 Å². The zero-order valence-corrected chi connectivity index (χ0v) is 18.5. The summed E-state index contributed by atoms with van der Waals surface area (Å²) in [7, 11) is -3.46. The molecule has 0 aromatic heterocycles. The molecule has 0 heterocycles. The lowest BCUT2D eigenvalue weighted by molar-refractivity contribution is 0.219. The van der Waals surface area contributed by atoms with Crippen LogP contribution in [0.2, 0.25) is 0 Å². The molecule has 7 heteroatoms. The number of hydrogen-bond donors (Lipinski definition) is 0. The summed E-state index contributed by atoms with van der Waals surface area (Å²) in [5, 5.41) is 0. The van der Waals surface area contributed by atoms with Gasteiger partial charge in [0.1, 0.15) is 0 Å². The zero-order chi connectivity index (χ0) is 20.4. The molecule has 0 bridgehead atoms. The summed E-state index contributed by atoms with van der Waals surface area (Å²) in [5.41, 5.74) is 6.50. The Bertz CT molecular complexity index is 913. The van der Waals surface area contributed by atoms with Gasteiger partial charge in [0.25, 0.3) is 0 Å². The van der Waals surface area contributed by atoms with Gasteiger partial charge < -0.3 is 9.05 Å². The summed E-state index contributed by atoms with van der Waals surface area (Å²) in [6, 6.07) is 12.4. The predicted octanol–water partition coefficient (Wildman–Crippen LogP) is 6.48. The van der Waals surface area contributed by atoms with Crippen molar-refractivity contribution in [2.75, 3.05) is 13.2 Å². The normalized spacial score (nSPS) is 14.9. The van der Waals surface area contributed by atoms with Gasteiger partial charge in [0.05, 0.1) is 26.0 Å². The summed E-state index contributed by atoms with van der Waals surface area (Å²) >= 11 is 0. The minimum absolute atomic E-state index is 0.201. The second-order valence-corrected chi connectivity index (χ2v) is 9.80. The van der Waals surface area contributed by atoms with Gasteiger partial charge in [-0.2, -0.15) is 0 Å². The van der Waals surface area contributed by atoms with Crippen molar-refractivity contribution in [3.8, 4) is 11.1 Å². The van der Waals surface area contributed by atoms with Gasteiger partial charge in [-0.3, -0.25) is 9.09 Å². The summed E-state index contributed by atoms with van der Waals surface area (Å²) in [5.74, 6) is 0. The first-order valence-electron chi connectivity index (χ1n) is 9.44. The molecule has 0 saturated heterocycles. The molecule has 5 nitrogen and oxygen atoms in total. The van der Waals surface area contributed by atoms with E-state index in [0.717, 1.165) is 11.1 Å². The number of hydrogen-bond acceptors (Lipinski definition) is 5. The third-order valence-electron chi connectivity index (χ3n) is 5.12. The van der Waals surface area contributed by atoms with Crippen molar-refractivity contribution >= 4 is 16.3 Å². The summed E-state index contributed by atoms with van der Waals surface area (Å²) in [6.07, 6.45) is 0.260. The van der Waals surface area contributed by atoms with Gasteiger partial charge in [0.2, 0.25) is 0 Å². The highest BCUT2D eigenvalue weighted by Gasteiger charge is 2.36. The molecule has 0 unspecified atom stereocenters. The summed E-state index contributed by atoms with van der Waals surface area (Å²) in [6.45, 7) is 9.02. The first-order valence-corrected chi connectivity index (χ1v) is 11.9. The zero-order valence-electron chi connectivity index (χ0n) is 16.7. The van der Waals surface area contributed by atoms with E-state index < -0.39 is 7.60 Å². The van der Waals surface area contributed by atoms with Crippen LogP contribution < -0.4 is 0 Å². The van der Waals surface area contributed by atoms with Crippen LogP contribution in [0.4, 0.5) is 0 Å². The van der Waals surface area contributed by atoms with Crippen molar-refractivity contribution in [1.82, 2.24) is 0 Å². The molecule has 0 fully saturated rings. The number of rotatable bonds is 9. The van der Waals surface area contributed by atoms with E-state index >= 15 is 0 Å². The largest absolute Gasteiger partial charge is 0.335 e.